The molecule has 0 N–H and O–H groups in total. The van der Waals surface area contributed by atoms with E-state index in [0.29, 0.717) is 5.75 Å². The summed E-state index contributed by atoms with van der Waals surface area (Å²) in [6, 6.07) is 5.55. The first-order valence-corrected chi connectivity index (χ1v) is 4.81. The Morgan fingerprint density at radius 1 is 1.58 bits per heavy atom. The van der Waals surface area contributed by atoms with Gasteiger partial charge in [0.25, 0.3) is 4.51 Å². The van der Waals surface area contributed by atoms with Gasteiger partial charge in [-0.1, -0.05) is 15.9 Å². The van der Waals surface area contributed by atoms with E-state index in [2.05, 4.69) is 28.1 Å². The van der Waals surface area contributed by atoms with Gasteiger partial charge in [-0.05, 0) is 54.5 Å². The highest BCUT2D eigenvalue weighted by Gasteiger charge is 1.99. The first-order chi connectivity index (χ1) is 5.59. The topological polar surface area (TPSA) is 9.23 Å². The second kappa shape index (κ2) is 4.21. The third-order valence-electron chi connectivity index (χ3n) is 1.33. The molecule has 0 aromatic heterocycles. The zero-order valence-electron chi connectivity index (χ0n) is 6.30. The van der Waals surface area contributed by atoms with Crippen LogP contribution in [0.4, 0.5) is 0 Å². The lowest BCUT2D eigenvalue weighted by molar-refractivity contribution is 0.577. The second-order valence-corrected chi connectivity index (χ2v) is 4.04. The predicted molar refractivity (Wildman–Crippen MR) is 58.0 cm³/mol. The summed E-state index contributed by atoms with van der Waals surface area (Å²) >= 11 is 13.4. The van der Waals surface area contributed by atoms with Crippen molar-refractivity contribution in [3.8, 4) is 5.75 Å². The van der Waals surface area contributed by atoms with Crippen LogP contribution in [0.1, 0.15) is 5.56 Å². The van der Waals surface area contributed by atoms with Crippen molar-refractivity contribution in [1.82, 2.24) is 0 Å². The number of thiocarbonyl (C=S) groups is 1. The lowest BCUT2D eigenvalue weighted by Crippen LogP contribution is -1.95. The minimum atomic E-state index is 0.0109. The Morgan fingerprint density at radius 3 is 2.75 bits per heavy atom. The Bertz CT molecular complexity index is 314. The van der Waals surface area contributed by atoms with E-state index in [4.69, 9.17) is 16.3 Å². The van der Waals surface area contributed by atoms with Crippen molar-refractivity contribution in [2.75, 3.05) is 0 Å². The summed E-state index contributed by atoms with van der Waals surface area (Å²) in [5.41, 5.74) is 1.08. The third-order valence-corrected chi connectivity index (χ3v) is 2.38. The monoisotopic (exact) mass is 264 g/mol. The van der Waals surface area contributed by atoms with E-state index in [-0.39, 0.29) is 4.51 Å². The summed E-state index contributed by atoms with van der Waals surface area (Å²) in [4.78, 5) is 0. The Morgan fingerprint density at radius 2 is 2.25 bits per heavy atom. The molecule has 1 aromatic rings. The standard InChI is InChI=1S/C8H6BrClOS/c1-5-4-6(11-8(10)12)2-3-7(5)9/h2-4H,1H3. The molecule has 0 fully saturated rings. The minimum Gasteiger partial charge on any atom is -0.436 e. The molecule has 0 heterocycles. The van der Waals surface area contributed by atoms with Gasteiger partial charge in [-0.3, -0.25) is 0 Å². The second-order valence-electron chi connectivity index (χ2n) is 2.25. The Labute approximate surface area is 89.8 Å². The molecule has 0 aliphatic carbocycles. The largest absolute Gasteiger partial charge is 0.436 e. The van der Waals surface area contributed by atoms with Crippen LogP contribution in [0.15, 0.2) is 22.7 Å². The number of rotatable bonds is 1. The first kappa shape index (κ1) is 9.96. The van der Waals surface area contributed by atoms with Gasteiger partial charge in [-0.2, -0.15) is 0 Å². The summed E-state index contributed by atoms with van der Waals surface area (Å²) in [7, 11) is 0. The quantitative estimate of drug-likeness (QED) is 0.566. The maximum atomic E-state index is 5.40. The first-order valence-electron chi connectivity index (χ1n) is 3.23. The van der Waals surface area contributed by atoms with Crippen LogP contribution in [0, 0.1) is 6.92 Å². The van der Waals surface area contributed by atoms with Crippen LogP contribution < -0.4 is 4.74 Å². The van der Waals surface area contributed by atoms with Gasteiger partial charge in [0.1, 0.15) is 5.75 Å². The fourth-order valence-corrected chi connectivity index (χ4v) is 1.21. The molecule has 0 bridgehead atoms. The average molecular weight is 266 g/mol. The van der Waals surface area contributed by atoms with Crippen LogP contribution in [0.3, 0.4) is 0 Å². The SMILES string of the molecule is Cc1cc(OC(=S)Cl)ccc1Br. The molecule has 0 saturated carbocycles. The van der Waals surface area contributed by atoms with Crippen molar-refractivity contribution in [2.24, 2.45) is 0 Å². The molecular formula is C8H6BrClOS. The van der Waals surface area contributed by atoms with E-state index in [1.165, 1.54) is 0 Å². The van der Waals surface area contributed by atoms with Crippen LogP contribution in [0.2, 0.25) is 0 Å². The van der Waals surface area contributed by atoms with Crippen molar-refractivity contribution in [2.45, 2.75) is 6.92 Å². The molecule has 1 aromatic carbocycles. The fraction of sp³-hybridized carbons (Fsp3) is 0.125. The van der Waals surface area contributed by atoms with E-state index in [0.717, 1.165) is 10.0 Å². The van der Waals surface area contributed by atoms with Gasteiger partial charge in [-0.25, -0.2) is 0 Å². The van der Waals surface area contributed by atoms with E-state index in [1.807, 2.05) is 19.1 Å². The molecule has 64 valence electrons. The number of benzene rings is 1. The highest BCUT2D eigenvalue weighted by molar-refractivity contribution is 9.10. The van der Waals surface area contributed by atoms with Crippen molar-refractivity contribution < 1.29 is 4.74 Å². The van der Waals surface area contributed by atoms with Gasteiger partial charge >= 0.3 is 0 Å². The van der Waals surface area contributed by atoms with Gasteiger partial charge < -0.3 is 4.74 Å². The van der Waals surface area contributed by atoms with Crippen LogP contribution >= 0.6 is 39.7 Å². The molecule has 0 aliphatic heterocycles. The van der Waals surface area contributed by atoms with E-state index in [1.54, 1.807) is 6.07 Å². The lowest BCUT2D eigenvalue weighted by atomic mass is 10.2. The smallest absolute Gasteiger partial charge is 0.260 e. The van der Waals surface area contributed by atoms with Crippen LogP contribution in [0.5, 0.6) is 5.75 Å². The average Bonchev–Trinajstić information content (AvgIpc) is 1.96. The Balaban J connectivity index is 2.89. The van der Waals surface area contributed by atoms with E-state index >= 15 is 0 Å². The molecule has 1 rings (SSSR count). The Hall–Kier alpha value is -0.120. The van der Waals surface area contributed by atoms with Gasteiger partial charge in [0.05, 0.1) is 0 Å². The highest BCUT2D eigenvalue weighted by Crippen LogP contribution is 2.21. The van der Waals surface area contributed by atoms with Crippen LogP contribution in [0.25, 0.3) is 0 Å². The van der Waals surface area contributed by atoms with Crippen LogP contribution in [-0.2, 0) is 0 Å². The molecule has 0 spiro atoms. The summed E-state index contributed by atoms with van der Waals surface area (Å²) in [5, 5.41) is 0. The molecule has 0 amide bonds. The highest BCUT2D eigenvalue weighted by atomic mass is 79.9. The zero-order chi connectivity index (χ0) is 9.14. The zero-order valence-corrected chi connectivity index (χ0v) is 9.46. The number of ether oxygens (including phenoxy) is 1. The van der Waals surface area contributed by atoms with Crippen LogP contribution in [-0.4, -0.2) is 4.51 Å². The van der Waals surface area contributed by atoms with E-state index in [9.17, 15) is 0 Å². The Kier molecular flexibility index (Phi) is 3.50. The van der Waals surface area contributed by atoms with Gasteiger partial charge in [-0.15, -0.1) is 0 Å². The number of hydrogen-bond donors (Lipinski definition) is 0. The number of aryl methyl sites for hydroxylation is 1. The van der Waals surface area contributed by atoms with Crippen molar-refractivity contribution in [3.05, 3.63) is 28.2 Å². The molecule has 0 radical (unpaired) electrons. The van der Waals surface area contributed by atoms with Crippen molar-refractivity contribution >= 4 is 44.3 Å². The normalized spacial score (nSPS) is 9.58. The molecule has 12 heavy (non-hydrogen) atoms. The molecule has 4 heteroatoms. The predicted octanol–water partition coefficient (Wildman–Crippen LogP) is 3.66. The maximum Gasteiger partial charge on any atom is 0.260 e. The fourth-order valence-electron chi connectivity index (χ4n) is 0.773. The summed E-state index contributed by atoms with van der Waals surface area (Å²) in [6.07, 6.45) is 0. The van der Waals surface area contributed by atoms with Gasteiger partial charge in [0.2, 0.25) is 0 Å². The molecule has 0 aliphatic rings. The molecule has 0 unspecified atom stereocenters. The third kappa shape index (κ3) is 2.73. The molecule has 0 atom stereocenters. The summed E-state index contributed by atoms with van der Waals surface area (Å²) < 4.78 is 6.07. The lowest BCUT2D eigenvalue weighted by Gasteiger charge is -2.03. The minimum absolute atomic E-state index is 0.0109. The molecule has 0 saturated heterocycles. The van der Waals surface area contributed by atoms with Crippen molar-refractivity contribution in [1.29, 1.82) is 0 Å². The van der Waals surface area contributed by atoms with Crippen molar-refractivity contribution in [3.63, 3.8) is 0 Å². The molecular weight excluding hydrogens is 260 g/mol. The molecule has 1 nitrogen and oxygen atoms in total. The maximum absolute atomic E-state index is 5.40. The van der Waals surface area contributed by atoms with E-state index < -0.39 is 0 Å². The van der Waals surface area contributed by atoms with Gasteiger partial charge in [0.15, 0.2) is 0 Å². The summed E-state index contributed by atoms with van der Waals surface area (Å²) in [5.74, 6) is 0.663. The number of hydrogen-bond acceptors (Lipinski definition) is 2. The summed E-state index contributed by atoms with van der Waals surface area (Å²) in [6.45, 7) is 1.97. The number of halogens is 2. The van der Waals surface area contributed by atoms with Gasteiger partial charge in [0, 0.05) is 4.47 Å².